The number of halogens is 4. The van der Waals surface area contributed by atoms with Crippen LogP contribution in [0.15, 0.2) is 30.5 Å². The summed E-state index contributed by atoms with van der Waals surface area (Å²) in [4.78, 5) is 6.19. The standard InChI is InChI=1S/C25H31F3N4O.ClH/c26-18-10-21(24(22(27)11-18)33-15-17-2-1-6-31-25(17)28)20-12-23(20)30-7-3-16-4-8-32(9-5-16)19-13-29-14-19;/h1-2,6,10-11,16,19-20,23,29-30H,3-5,7-9,12-15H2;1H/t20-,23+;/m0./s1. The van der Waals surface area contributed by atoms with Crippen LogP contribution in [0.25, 0.3) is 0 Å². The van der Waals surface area contributed by atoms with Gasteiger partial charge in [-0.25, -0.2) is 13.8 Å². The Bertz CT molecular complexity index is 969. The Morgan fingerprint density at radius 2 is 1.94 bits per heavy atom. The van der Waals surface area contributed by atoms with Crippen molar-refractivity contribution in [2.75, 3.05) is 32.7 Å². The number of aromatic nitrogens is 1. The summed E-state index contributed by atoms with van der Waals surface area (Å²) < 4.78 is 47.9. The molecule has 34 heavy (non-hydrogen) atoms. The van der Waals surface area contributed by atoms with Crippen molar-refractivity contribution in [3.05, 3.63) is 59.2 Å². The summed E-state index contributed by atoms with van der Waals surface area (Å²) in [6.07, 6.45) is 5.77. The molecule has 1 aromatic carbocycles. The number of hydrogen-bond donors (Lipinski definition) is 2. The number of hydrogen-bond acceptors (Lipinski definition) is 5. The van der Waals surface area contributed by atoms with E-state index < -0.39 is 17.6 Å². The Hall–Kier alpha value is -1.87. The Kier molecular flexibility index (Phi) is 8.34. The van der Waals surface area contributed by atoms with Crippen LogP contribution < -0.4 is 15.4 Å². The van der Waals surface area contributed by atoms with Gasteiger partial charge in [-0.15, -0.1) is 12.4 Å². The van der Waals surface area contributed by atoms with Gasteiger partial charge in [0.1, 0.15) is 12.4 Å². The van der Waals surface area contributed by atoms with Crippen LogP contribution in [0.5, 0.6) is 5.75 Å². The lowest BCUT2D eigenvalue weighted by atomic mass is 9.92. The molecule has 0 unspecified atom stereocenters. The maximum Gasteiger partial charge on any atom is 0.219 e. The average molecular weight is 497 g/mol. The highest BCUT2D eigenvalue weighted by Crippen LogP contribution is 2.46. The van der Waals surface area contributed by atoms with Gasteiger partial charge in [0.05, 0.1) is 0 Å². The van der Waals surface area contributed by atoms with E-state index in [1.807, 2.05) is 0 Å². The average Bonchev–Trinajstić information content (AvgIpc) is 3.53. The molecular weight excluding hydrogens is 465 g/mol. The molecule has 0 spiro atoms. The minimum absolute atomic E-state index is 0. The van der Waals surface area contributed by atoms with Crippen LogP contribution in [0, 0.1) is 23.5 Å². The minimum Gasteiger partial charge on any atom is -0.485 e. The van der Waals surface area contributed by atoms with Gasteiger partial charge in [-0.1, -0.05) is 0 Å². The third kappa shape index (κ3) is 5.85. The van der Waals surface area contributed by atoms with Crippen molar-refractivity contribution in [2.45, 2.75) is 50.3 Å². The van der Waals surface area contributed by atoms with Crippen molar-refractivity contribution >= 4 is 12.4 Å². The largest absolute Gasteiger partial charge is 0.485 e. The van der Waals surface area contributed by atoms with E-state index >= 15 is 0 Å². The van der Waals surface area contributed by atoms with Gasteiger partial charge in [-0.2, -0.15) is 4.39 Å². The minimum atomic E-state index is -0.756. The van der Waals surface area contributed by atoms with Crippen molar-refractivity contribution in [1.82, 2.24) is 20.5 Å². The molecular formula is C25H32ClF3N4O. The number of rotatable bonds is 9. The molecule has 0 amide bonds. The molecule has 3 aliphatic rings. The quantitative estimate of drug-likeness (QED) is 0.514. The van der Waals surface area contributed by atoms with E-state index in [1.54, 1.807) is 12.1 Å². The van der Waals surface area contributed by atoms with Crippen molar-refractivity contribution in [3.63, 3.8) is 0 Å². The third-order valence-electron chi connectivity index (χ3n) is 7.32. The molecule has 186 valence electrons. The number of benzene rings is 1. The third-order valence-corrected chi connectivity index (χ3v) is 7.32. The van der Waals surface area contributed by atoms with Gasteiger partial charge < -0.3 is 15.4 Å². The van der Waals surface area contributed by atoms with Crippen molar-refractivity contribution in [3.8, 4) is 5.75 Å². The van der Waals surface area contributed by atoms with Crippen LogP contribution in [0.1, 0.15) is 42.7 Å². The van der Waals surface area contributed by atoms with Crippen LogP contribution in [0.3, 0.4) is 0 Å². The predicted molar refractivity (Wildman–Crippen MR) is 127 cm³/mol. The van der Waals surface area contributed by atoms with Crippen LogP contribution in [0.2, 0.25) is 0 Å². The molecule has 9 heteroatoms. The number of likely N-dealkylation sites (tertiary alicyclic amines) is 1. The molecule has 3 heterocycles. The van der Waals surface area contributed by atoms with Crippen LogP contribution in [0.4, 0.5) is 13.2 Å². The summed E-state index contributed by atoms with van der Waals surface area (Å²) in [5.41, 5.74) is 0.744. The van der Waals surface area contributed by atoms with Gasteiger partial charge >= 0.3 is 0 Å². The molecule has 5 rings (SSSR count). The highest BCUT2D eigenvalue weighted by Gasteiger charge is 2.41. The van der Waals surface area contributed by atoms with Crippen molar-refractivity contribution in [1.29, 1.82) is 0 Å². The Balaban J connectivity index is 0.00000274. The number of ether oxygens (including phenoxy) is 1. The SMILES string of the molecule is Cl.Fc1cc(F)c(OCc2cccnc2F)c([C@@H]2C[C@H]2NCCC2CCN(C3CNC3)CC2)c1. The van der Waals surface area contributed by atoms with E-state index in [1.165, 1.54) is 38.2 Å². The van der Waals surface area contributed by atoms with E-state index in [2.05, 4.69) is 20.5 Å². The molecule has 3 fully saturated rings. The molecule has 2 aliphatic heterocycles. The first-order valence-corrected chi connectivity index (χ1v) is 12.0. The van der Waals surface area contributed by atoms with Crippen molar-refractivity contribution in [2.24, 2.45) is 5.92 Å². The molecule has 2 N–H and O–H groups in total. The lowest BCUT2D eigenvalue weighted by molar-refractivity contribution is 0.0965. The predicted octanol–water partition coefficient (Wildman–Crippen LogP) is 4.02. The Morgan fingerprint density at radius 1 is 1.15 bits per heavy atom. The summed E-state index contributed by atoms with van der Waals surface area (Å²) in [7, 11) is 0. The van der Waals surface area contributed by atoms with E-state index in [4.69, 9.17) is 4.74 Å². The zero-order chi connectivity index (χ0) is 22.8. The molecule has 1 saturated carbocycles. The Morgan fingerprint density at radius 3 is 2.65 bits per heavy atom. The second-order valence-corrected chi connectivity index (χ2v) is 9.53. The zero-order valence-corrected chi connectivity index (χ0v) is 19.9. The van der Waals surface area contributed by atoms with E-state index in [0.717, 1.165) is 50.5 Å². The van der Waals surface area contributed by atoms with E-state index in [9.17, 15) is 13.2 Å². The first-order chi connectivity index (χ1) is 16.1. The van der Waals surface area contributed by atoms with Gasteiger partial charge in [-0.3, -0.25) is 4.90 Å². The van der Waals surface area contributed by atoms with Gasteiger partial charge in [0.25, 0.3) is 0 Å². The highest BCUT2D eigenvalue weighted by atomic mass is 35.5. The monoisotopic (exact) mass is 496 g/mol. The van der Waals surface area contributed by atoms with Crippen LogP contribution >= 0.6 is 12.4 Å². The van der Waals surface area contributed by atoms with Gasteiger partial charge in [-0.05, 0) is 69.4 Å². The van der Waals surface area contributed by atoms with E-state index in [-0.39, 0.29) is 42.3 Å². The summed E-state index contributed by atoms with van der Waals surface area (Å²) in [6, 6.07) is 6.21. The maximum absolute atomic E-state index is 14.5. The van der Waals surface area contributed by atoms with Crippen molar-refractivity contribution < 1.29 is 17.9 Å². The first kappa shape index (κ1) is 25.2. The number of nitrogens with one attached hydrogen (secondary N) is 2. The Labute approximate surface area is 204 Å². The number of nitrogens with zero attached hydrogens (tertiary/aromatic N) is 2. The summed E-state index contributed by atoms with van der Waals surface area (Å²) in [5.74, 6) is -1.29. The molecule has 1 aliphatic carbocycles. The fourth-order valence-electron chi connectivity index (χ4n) is 5.06. The summed E-state index contributed by atoms with van der Waals surface area (Å²) in [6.45, 7) is 5.37. The topological polar surface area (TPSA) is 49.4 Å². The summed E-state index contributed by atoms with van der Waals surface area (Å²) >= 11 is 0. The second-order valence-electron chi connectivity index (χ2n) is 9.53. The molecule has 2 aromatic rings. The number of pyridine rings is 1. The fraction of sp³-hybridized carbons (Fsp3) is 0.560. The molecule has 5 nitrogen and oxygen atoms in total. The normalized spacial score (nSPS) is 23.3. The smallest absolute Gasteiger partial charge is 0.219 e. The second kappa shape index (κ2) is 11.2. The molecule has 1 aromatic heterocycles. The number of piperidine rings is 1. The lowest BCUT2D eigenvalue weighted by Gasteiger charge is -2.42. The molecule has 0 radical (unpaired) electrons. The maximum atomic E-state index is 14.5. The molecule has 0 bridgehead atoms. The first-order valence-electron chi connectivity index (χ1n) is 12.0. The lowest BCUT2D eigenvalue weighted by Crippen LogP contribution is -2.58. The molecule has 2 atom stereocenters. The zero-order valence-electron chi connectivity index (χ0n) is 19.1. The van der Waals surface area contributed by atoms with Gasteiger partial charge in [0, 0.05) is 54.5 Å². The van der Waals surface area contributed by atoms with Crippen LogP contribution in [-0.4, -0.2) is 54.7 Å². The van der Waals surface area contributed by atoms with Gasteiger partial charge in [0.15, 0.2) is 11.6 Å². The fourth-order valence-corrected chi connectivity index (χ4v) is 5.06. The molecule has 2 saturated heterocycles. The van der Waals surface area contributed by atoms with Gasteiger partial charge in [0.2, 0.25) is 5.95 Å². The van der Waals surface area contributed by atoms with Crippen LogP contribution in [-0.2, 0) is 6.61 Å². The summed E-state index contributed by atoms with van der Waals surface area (Å²) in [5, 5.41) is 6.91. The van der Waals surface area contributed by atoms with E-state index in [0.29, 0.717) is 5.56 Å². The highest BCUT2D eigenvalue weighted by molar-refractivity contribution is 5.85.